The van der Waals surface area contributed by atoms with Gasteiger partial charge in [0.05, 0.1) is 11.3 Å². The number of aromatic nitrogens is 2. The minimum absolute atomic E-state index is 0.311. The molecule has 1 aromatic heterocycles. The molecule has 0 unspecified atom stereocenters. The van der Waals surface area contributed by atoms with Crippen molar-refractivity contribution in [2.75, 3.05) is 37.6 Å². The number of aryl methyl sites for hydroxylation is 1. The van der Waals surface area contributed by atoms with Crippen LogP contribution in [0, 0.1) is 11.8 Å². The van der Waals surface area contributed by atoms with Crippen LogP contribution in [0.25, 0.3) is 0 Å². The Morgan fingerprint density at radius 2 is 1.89 bits per heavy atom. The lowest BCUT2D eigenvalue weighted by molar-refractivity contribution is -0.137. The van der Waals surface area contributed by atoms with Gasteiger partial charge in [0.1, 0.15) is 6.54 Å². The average molecular weight is 496 g/mol. The molecule has 1 amide bonds. The molecule has 1 aliphatic rings. The van der Waals surface area contributed by atoms with Crippen LogP contribution >= 0.6 is 0 Å². The van der Waals surface area contributed by atoms with Crippen molar-refractivity contribution in [2.45, 2.75) is 58.8 Å². The molecule has 1 aliphatic heterocycles. The summed E-state index contributed by atoms with van der Waals surface area (Å²) in [5.41, 5.74) is 8.16. The number of nitrogens with zero attached hydrogens (tertiary/aromatic N) is 4. The summed E-state index contributed by atoms with van der Waals surface area (Å²) >= 11 is 0. The van der Waals surface area contributed by atoms with Crippen molar-refractivity contribution >= 4 is 17.8 Å². The first-order chi connectivity index (χ1) is 17.4. The van der Waals surface area contributed by atoms with Crippen molar-refractivity contribution in [1.82, 2.24) is 14.9 Å². The van der Waals surface area contributed by atoms with E-state index in [-0.39, 0.29) is 12.5 Å². The van der Waals surface area contributed by atoms with Gasteiger partial charge in [-0.1, -0.05) is 44.2 Å². The second-order valence-electron chi connectivity index (χ2n) is 10.2. The fraction of sp³-hybridized carbons (Fsp3) is 0.571. The Kier molecular flexibility index (Phi) is 10.7. The summed E-state index contributed by atoms with van der Waals surface area (Å²) in [5.74, 6) is 0.321. The van der Waals surface area contributed by atoms with Gasteiger partial charge in [-0.3, -0.25) is 9.59 Å². The van der Waals surface area contributed by atoms with Crippen LogP contribution in [0.3, 0.4) is 0 Å². The quantitative estimate of drug-likeness (QED) is 0.407. The summed E-state index contributed by atoms with van der Waals surface area (Å²) in [6.07, 6.45) is 7.83. The molecular formula is C28H41N5O3. The number of carboxylic acids is 1. The smallest absolute Gasteiger partial charge is 0.323 e. The van der Waals surface area contributed by atoms with E-state index in [9.17, 15) is 14.7 Å². The lowest BCUT2D eigenvalue weighted by atomic mass is 9.90. The zero-order valence-electron chi connectivity index (χ0n) is 21.7. The van der Waals surface area contributed by atoms with Crippen molar-refractivity contribution in [3.63, 3.8) is 0 Å². The Hall–Kier alpha value is -3.00. The molecule has 8 heteroatoms. The number of carbonyl (C=O) groups is 2. The van der Waals surface area contributed by atoms with E-state index in [1.54, 1.807) is 6.20 Å². The van der Waals surface area contributed by atoms with Gasteiger partial charge < -0.3 is 20.6 Å². The highest BCUT2D eigenvalue weighted by molar-refractivity contribution is 5.96. The zero-order chi connectivity index (χ0) is 25.9. The number of anilines is 1. The number of piperidine rings is 1. The molecule has 1 saturated heterocycles. The topological polar surface area (TPSA) is 113 Å². The van der Waals surface area contributed by atoms with Crippen LogP contribution in [-0.4, -0.2) is 64.6 Å². The number of carbonyl (C=O) groups excluding carboxylic acids is 1. The molecular weight excluding hydrogens is 454 g/mol. The second-order valence-corrected chi connectivity index (χ2v) is 10.2. The first kappa shape index (κ1) is 27.6. The van der Waals surface area contributed by atoms with Crippen molar-refractivity contribution in [3.8, 4) is 0 Å². The van der Waals surface area contributed by atoms with Crippen LogP contribution in [0.4, 0.5) is 5.95 Å². The van der Waals surface area contributed by atoms with Crippen LogP contribution < -0.4 is 10.6 Å². The SMILES string of the molecule is CC(C)CCN(CC(=O)O)C(=O)c1cnc(N2CCC(Cc3ccccc3)CC2)nc1CCCCN. The van der Waals surface area contributed by atoms with Crippen LogP contribution in [0.5, 0.6) is 0 Å². The molecule has 1 aromatic carbocycles. The number of aliphatic carboxylic acids is 1. The molecule has 0 bridgehead atoms. The summed E-state index contributed by atoms with van der Waals surface area (Å²) in [6.45, 7) is 6.52. The van der Waals surface area contributed by atoms with Gasteiger partial charge in [-0.15, -0.1) is 0 Å². The van der Waals surface area contributed by atoms with E-state index in [0.29, 0.717) is 48.6 Å². The Labute approximate surface area is 214 Å². The van der Waals surface area contributed by atoms with Gasteiger partial charge in [0.2, 0.25) is 5.95 Å². The molecule has 3 N–H and O–H groups in total. The van der Waals surface area contributed by atoms with Crippen molar-refractivity contribution in [3.05, 3.63) is 53.3 Å². The van der Waals surface area contributed by atoms with Gasteiger partial charge in [-0.2, -0.15) is 0 Å². The van der Waals surface area contributed by atoms with E-state index in [1.807, 2.05) is 6.07 Å². The first-order valence-electron chi connectivity index (χ1n) is 13.2. The monoisotopic (exact) mass is 495 g/mol. The van der Waals surface area contributed by atoms with E-state index < -0.39 is 5.97 Å². The fourth-order valence-electron chi connectivity index (χ4n) is 4.65. The lowest BCUT2D eigenvalue weighted by Crippen LogP contribution is -2.38. The highest BCUT2D eigenvalue weighted by Gasteiger charge is 2.26. The van der Waals surface area contributed by atoms with Gasteiger partial charge in [0.15, 0.2) is 0 Å². The number of nitrogens with two attached hydrogens (primary N) is 1. The van der Waals surface area contributed by atoms with Crippen LogP contribution in [0.2, 0.25) is 0 Å². The van der Waals surface area contributed by atoms with E-state index in [0.717, 1.165) is 51.6 Å². The molecule has 196 valence electrons. The third kappa shape index (κ3) is 8.29. The summed E-state index contributed by atoms with van der Waals surface area (Å²) < 4.78 is 0. The standard InChI is InChI=1S/C28H41N5O3/c1-21(2)11-15-33(20-26(34)35)27(36)24-19-30-28(31-25(24)10-6-7-14-29)32-16-12-23(13-17-32)18-22-8-4-3-5-9-22/h3-5,8-9,19,21,23H,6-7,10-18,20,29H2,1-2H3,(H,34,35). The number of hydrogen-bond donors (Lipinski definition) is 2. The second kappa shape index (κ2) is 13.9. The Morgan fingerprint density at radius 1 is 1.17 bits per heavy atom. The molecule has 0 radical (unpaired) electrons. The molecule has 2 heterocycles. The third-order valence-electron chi connectivity index (χ3n) is 6.81. The molecule has 1 fully saturated rings. The Morgan fingerprint density at radius 3 is 2.53 bits per heavy atom. The first-order valence-corrected chi connectivity index (χ1v) is 13.2. The number of amides is 1. The summed E-state index contributed by atoms with van der Waals surface area (Å²) in [4.78, 5) is 37.9. The van der Waals surface area contributed by atoms with Gasteiger partial charge in [0.25, 0.3) is 5.91 Å². The van der Waals surface area contributed by atoms with Crippen LogP contribution in [0.1, 0.15) is 67.6 Å². The summed E-state index contributed by atoms with van der Waals surface area (Å²) in [6, 6.07) is 10.6. The number of rotatable bonds is 13. The van der Waals surface area contributed by atoms with E-state index in [4.69, 9.17) is 10.7 Å². The minimum atomic E-state index is -1.02. The highest BCUT2D eigenvalue weighted by Crippen LogP contribution is 2.25. The van der Waals surface area contributed by atoms with E-state index in [2.05, 4.69) is 48.0 Å². The lowest BCUT2D eigenvalue weighted by Gasteiger charge is -2.32. The maximum atomic E-state index is 13.4. The molecule has 0 saturated carbocycles. The Bertz CT molecular complexity index is 974. The average Bonchev–Trinajstić information content (AvgIpc) is 2.87. The molecule has 36 heavy (non-hydrogen) atoms. The van der Waals surface area contributed by atoms with Gasteiger partial charge in [-0.05, 0) is 68.9 Å². The molecule has 0 atom stereocenters. The number of unbranched alkanes of at least 4 members (excludes halogenated alkanes) is 1. The van der Waals surface area contributed by atoms with Gasteiger partial charge >= 0.3 is 5.97 Å². The van der Waals surface area contributed by atoms with Gasteiger partial charge in [0, 0.05) is 25.8 Å². The van der Waals surface area contributed by atoms with E-state index >= 15 is 0 Å². The zero-order valence-corrected chi connectivity index (χ0v) is 21.7. The normalized spacial score (nSPS) is 14.3. The predicted molar refractivity (Wildman–Crippen MR) is 142 cm³/mol. The van der Waals surface area contributed by atoms with E-state index in [1.165, 1.54) is 10.5 Å². The van der Waals surface area contributed by atoms with Gasteiger partial charge in [-0.25, -0.2) is 9.97 Å². The minimum Gasteiger partial charge on any atom is -0.480 e. The number of benzene rings is 1. The third-order valence-corrected chi connectivity index (χ3v) is 6.81. The molecule has 0 spiro atoms. The number of hydrogen-bond acceptors (Lipinski definition) is 6. The summed E-state index contributed by atoms with van der Waals surface area (Å²) in [5, 5.41) is 9.37. The van der Waals surface area contributed by atoms with Crippen molar-refractivity contribution < 1.29 is 14.7 Å². The van der Waals surface area contributed by atoms with Crippen LogP contribution in [0.15, 0.2) is 36.5 Å². The maximum Gasteiger partial charge on any atom is 0.323 e. The highest BCUT2D eigenvalue weighted by atomic mass is 16.4. The molecule has 2 aromatic rings. The Balaban J connectivity index is 1.74. The fourth-order valence-corrected chi connectivity index (χ4v) is 4.65. The largest absolute Gasteiger partial charge is 0.480 e. The summed E-state index contributed by atoms with van der Waals surface area (Å²) in [7, 11) is 0. The maximum absolute atomic E-state index is 13.4. The van der Waals surface area contributed by atoms with Crippen molar-refractivity contribution in [2.24, 2.45) is 17.6 Å². The molecule has 0 aliphatic carbocycles. The van der Waals surface area contributed by atoms with Crippen LogP contribution in [-0.2, 0) is 17.6 Å². The molecule has 3 rings (SSSR count). The number of carboxylic acid groups (broad SMARTS) is 1. The molecule has 8 nitrogen and oxygen atoms in total. The predicted octanol–water partition coefficient (Wildman–Crippen LogP) is 3.79. The van der Waals surface area contributed by atoms with Crippen molar-refractivity contribution in [1.29, 1.82) is 0 Å².